The largest absolute Gasteiger partial charge is 0.481 e. The first-order valence-electron chi connectivity index (χ1n) is 44.1. The molecule has 0 radical (unpaired) electrons. The lowest BCUT2D eigenvalue weighted by atomic mass is 9.99. The number of rotatable bonds is 24. The molecule has 0 saturated carbocycles. The molecule has 18 amide bonds. The fraction of sp³-hybridized carbons (Fsp3) is 0.483. The second-order valence-electron chi connectivity index (χ2n) is 33.4. The Morgan fingerprint density at radius 2 is 1.00 bits per heavy atom. The number of thioether (sulfide) groups is 3. The van der Waals surface area contributed by atoms with E-state index in [1.165, 1.54) is 41.1 Å². The molecule has 136 heavy (non-hydrogen) atoms. The van der Waals surface area contributed by atoms with Crippen LogP contribution in [0.1, 0.15) is 108 Å². The Balaban J connectivity index is 1.14. The number of amides is 18. The van der Waals surface area contributed by atoms with Crippen LogP contribution in [0.5, 0.6) is 0 Å². The van der Waals surface area contributed by atoms with Crippen LogP contribution in [0.3, 0.4) is 0 Å². The average Bonchev–Trinajstić information content (AvgIpc) is 1.73. The van der Waals surface area contributed by atoms with E-state index in [4.69, 9.17) is 28.3 Å². The van der Waals surface area contributed by atoms with Gasteiger partial charge in [0.25, 0.3) is 0 Å². The number of fused-ring (bicyclic) bond motifs is 9. The van der Waals surface area contributed by atoms with Crippen molar-refractivity contribution in [2.24, 2.45) is 28.9 Å². The number of aromatic nitrogens is 4. The molecule has 734 valence electrons. The molecule has 3 aliphatic rings. The van der Waals surface area contributed by atoms with Gasteiger partial charge in [-0.2, -0.15) is 35.3 Å². The number of aliphatic carboxylic acids is 1. The summed E-state index contributed by atoms with van der Waals surface area (Å²) >= 11 is 2.85. The minimum absolute atomic E-state index is 0.00524. The fourth-order valence-electron chi connectivity index (χ4n) is 14.8. The third kappa shape index (κ3) is 33.1. The van der Waals surface area contributed by atoms with Gasteiger partial charge >= 0.3 is 5.97 Å². The summed E-state index contributed by atoms with van der Waals surface area (Å²) in [5, 5.41) is 55.4. The van der Waals surface area contributed by atoms with Crippen LogP contribution in [-0.4, -0.2) is 304 Å². The summed E-state index contributed by atoms with van der Waals surface area (Å²) in [6.07, 6.45) is 0.475. The average molecular weight is 1940 g/mol. The highest BCUT2D eigenvalue weighted by atomic mass is 32.2. The number of carboxylic acids is 1. The van der Waals surface area contributed by atoms with Gasteiger partial charge in [-0.25, -0.2) is 4.98 Å². The van der Waals surface area contributed by atoms with Crippen LogP contribution in [0.25, 0.3) is 21.8 Å². The van der Waals surface area contributed by atoms with Crippen LogP contribution < -0.4 is 97.4 Å². The number of carboxylic acid groups (broad SMARTS) is 1. The number of primary amides is 2. The highest BCUT2D eigenvalue weighted by Crippen LogP contribution is 2.25. The number of H-pyrrole nitrogens is 3. The molecule has 9 rings (SSSR count). The molecule has 0 unspecified atom stereocenters. The van der Waals surface area contributed by atoms with E-state index in [-0.39, 0.29) is 98.8 Å². The molecule has 27 N–H and O–H groups in total. The third-order valence-corrected chi connectivity index (χ3v) is 25.3. The molecule has 0 spiro atoms. The number of benzene rings is 3. The van der Waals surface area contributed by atoms with E-state index in [0.29, 0.717) is 38.5 Å². The van der Waals surface area contributed by atoms with Gasteiger partial charge in [0.05, 0.1) is 51.0 Å². The van der Waals surface area contributed by atoms with Crippen LogP contribution in [0.4, 0.5) is 0 Å². The first-order valence-corrected chi connectivity index (χ1v) is 47.6. The van der Waals surface area contributed by atoms with Crippen molar-refractivity contribution in [3.63, 3.8) is 0 Å². The summed E-state index contributed by atoms with van der Waals surface area (Å²) in [6.45, 7) is 3.82. The second-order valence-corrected chi connectivity index (χ2v) is 36.8. The number of nitrogens with two attached hydrogens (primary N) is 4. The predicted molar refractivity (Wildman–Crippen MR) is 501 cm³/mol. The molecule has 46 nitrogen and oxygen atoms in total. The van der Waals surface area contributed by atoms with Gasteiger partial charge in [-0.15, -0.1) is 0 Å². The lowest BCUT2D eigenvalue weighted by Crippen LogP contribution is -2.61. The van der Waals surface area contributed by atoms with Gasteiger partial charge in [-0.1, -0.05) is 80.6 Å². The molecule has 3 fully saturated rings. The van der Waals surface area contributed by atoms with E-state index < -0.39 is 261 Å². The maximum Gasteiger partial charge on any atom is 0.303 e. The smallest absolute Gasteiger partial charge is 0.303 e. The van der Waals surface area contributed by atoms with Gasteiger partial charge in [0.15, 0.2) is 5.96 Å². The molecule has 3 saturated heterocycles. The van der Waals surface area contributed by atoms with Crippen LogP contribution >= 0.6 is 35.3 Å². The van der Waals surface area contributed by atoms with Crippen molar-refractivity contribution in [3.8, 4) is 0 Å². The number of imidazole rings is 1. The summed E-state index contributed by atoms with van der Waals surface area (Å²) in [6, 6.07) is 1.04. The number of hydrogen-bond acceptors (Lipinski definition) is 25. The van der Waals surface area contributed by atoms with Gasteiger partial charge in [0.1, 0.15) is 72.5 Å². The summed E-state index contributed by atoms with van der Waals surface area (Å²) in [7, 11) is 0. The quantitative estimate of drug-likeness (QED) is 0.0154. The van der Waals surface area contributed by atoms with E-state index in [2.05, 4.69) is 94.4 Å². The van der Waals surface area contributed by atoms with E-state index in [1.54, 1.807) is 105 Å². The van der Waals surface area contributed by atoms with Crippen molar-refractivity contribution in [2.45, 2.75) is 190 Å². The Bertz CT molecular complexity index is 5290. The zero-order valence-electron chi connectivity index (χ0n) is 75.4. The van der Waals surface area contributed by atoms with Crippen LogP contribution in [0, 0.1) is 11.3 Å². The summed E-state index contributed by atoms with van der Waals surface area (Å²) in [5.74, 6) is -21.6. The Hall–Kier alpha value is -13.8. The lowest BCUT2D eigenvalue weighted by Gasteiger charge is -2.42. The first-order chi connectivity index (χ1) is 64.9. The number of aromatic amines is 3. The van der Waals surface area contributed by atoms with Crippen molar-refractivity contribution >= 4 is 175 Å². The van der Waals surface area contributed by atoms with Gasteiger partial charge < -0.3 is 132 Å². The van der Waals surface area contributed by atoms with Gasteiger partial charge in [-0.05, 0) is 74.3 Å². The SMILES string of the molecule is CC(C)C[C@@H]1NC(=O)[C@H](Cc2c[nH]c3ccccc23)NC(=O)[C@H](Cc2c[nH]cn2)NC(=O)[C@@H](NC(=O)[C@H](C)N)CSCCC(=O)N2CN3CN(C2)C(=O)CCSC[C@H](NC(=O)[C@H](CC(N)=O)NC(=O)[C@H](CCC(=O)O)NC1=O)C(=O)N[C@@H](Cc1c[nH]c2ccccc12)C(=O)N[C@@H](CCCNC(=N)N)C(=O)NCC(=O)N[C@@H](Cc1ccccc1)C(=O)N[C@H](C(=O)N[C@@H](C)C(N)=O)CSCCC3=O. The molecule has 49 heteroatoms. The second kappa shape index (κ2) is 52.1. The maximum atomic E-state index is 15.6. The molecular formula is C87H118N26O20S3. The Labute approximate surface area is 794 Å². The zero-order chi connectivity index (χ0) is 98.8. The summed E-state index contributed by atoms with van der Waals surface area (Å²) in [4.78, 5) is 293. The molecule has 4 bridgehead atoms. The van der Waals surface area contributed by atoms with E-state index in [1.807, 2.05) is 0 Å². The predicted octanol–water partition coefficient (Wildman–Crippen LogP) is -4.75. The van der Waals surface area contributed by atoms with Crippen LogP contribution in [-0.2, 0) is 117 Å². The molecule has 6 heterocycles. The number of nitrogens with zero attached hydrogens (tertiary/aromatic N) is 4. The van der Waals surface area contributed by atoms with Gasteiger partial charge in [0, 0.05) is 133 Å². The zero-order valence-corrected chi connectivity index (χ0v) is 77.8. The van der Waals surface area contributed by atoms with Crippen molar-refractivity contribution in [1.82, 2.24) is 109 Å². The number of hydrogen-bond donors (Lipinski definition) is 23. The van der Waals surface area contributed by atoms with Gasteiger partial charge in [-0.3, -0.25) is 96.5 Å². The van der Waals surface area contributed by atoms with Crippen molar-refractivity contribution in [2.75, 3.05) is 67.6 Å². The summed E-state index contributed by atoms with van der Waals surface area (Å²) in [5.41, 5.74) is 25.8. The number of carbonyl (C=O) groups excluding carboxylic acids is 18. The minimum atomic E-state index is -2.09. The number of guanidine groups is 1. The van der Waals surface area contributed by atoms with Gasteiger partial charge in [0.2, 0.25) is 106 Å². The van der Waals surface area contributed by atoms with Crippen molar-refractivity contribution in [1.29, 1.82) is 5.41 Å². The Kier molecular flexibility index (Phi) is 40.6. The highest BCUT2D eigenvalue weighted by molar-refractivity contribution is 7.99. The van der Waals surface area contributed by atoms with Crippen LogP contribution in [0.2, 0.25) is 0 Å². The van der Waals surface area contributed by atoms with Crippen molar-refractivity contribution in [3.05, 3.63) is 126 Å². The summed E-state index contributed by atoms with van der Waals surface area (Å²) < 4.78 is 0. The number of carbonyl (C=O) groups is 19. The fourth-order valence-corrected chi connectivity index (χ4v) is 17.7. The topological polar surface area (TPSA) is 711 Å². The van der Waals surface area contributed by atoms with E-state index in [9.17, 15) is 62.6 Å². The molecular weight excluding hydrogens is 1830 g/mol. The Morgan fingerprint density at radius 3 is 1.54 bits per heavy atom. The normalized spacial score (nSPS) is 23.0. The molecule has 3 aliphatic heterocycles. The monoisotopic (exact) mass is 1940 g/mol. The maximum absolute atomic E-state index is 15.6. The van der Waals surface area contributed by atoms with E-state index in [0.717, 1.165) is 35.3 Å². The van der Waals surface area contributed by atoms with Crippen LogP contribution in [0.15, 0.2) is 104 Å². The molecule has 3 aromatic heterocycles. The van der Waals surface area contributed by atoms with E-state index >= 15 is 33.6 Å². The minimum Gasteiger partial charge on any atom is -0.481 e. The first kappa shape index (κ1) is 106. The molecule has 0 aliphatic carbocycles. The molecule has 13 atom stereocenters. The lowest BCUT2D eigenvalue weighted by molar-refractivity contribution is -0.158. The molecule has 6 aromatic rings. The number of para-hydroxylation sites is 2. The van der Waals surface area contributed by atoms with Crippen molar-refractivity contribution < 1.29 is 96.2 Å². The third-order valence-electron chi connectivity index (χ3n) is 22.1. The number of nitrogens with one attached hydrogen (secondary N) is 18. The standard InChI is InChI=1S/C87H118N26O20S3/c1-46(2)29-59-78(125)102-58(20-21-73(119)120)77(124)107-64(34-68(89)114)83(130)110-67-41-136-28-24-72(118)113-44-111(43-112(45-113)71(117)23-27-135-40-66(108-75(122)47(3)88)85(132)106-63(33-52-37-93-42-98-52)82(129)104-62(81(128)103-59)32-51-36-96-56-18-11-9-16-54(51)56)70(116)22-26-134-39-65(84(131)99-48(4)74(90)121)109-79(126)60(30-49-13-6-5-7-14-49)100-69(115)38-97-76(123)57(19-12-25-94-87(91)92)101-80(127)61(105-86(67)133)31-50-35-95-55-17-10-8-15-53(50)55/h5-11,13-18,35-37,42,46-48,57-67,95-96H,12,19-34,38-41,43-45,88H2,1-4H3,(H2,89,114)(H2,90,121)(H,93,98)(H,97,123)(H,99,131)(H,100,115)(H,101,127)(H,102,125)(H,103,128)(H,104,129)(H,105,133)(H,106,132)(H,107,124)(H,108,122)(H,109,126)(H,110,130)(H,119,120)(H4,91,92,94)/t47-,48-,57-,58-,59-,60-,61-,62-,63-,64-,65-,66-,67-/m0/s1. The Morgan fingerprint density at radius 1 is 0.522 bits per heavy atom. The molecule has 3 aromatic carbocycles. The highest BCUT2D eigenvalue weighted by Gasteiger charge is 2.40.